The first kappa shape index (κ1) is 25.2. The molecule has 4 N–H and O–H groups in total. The second kappa shape index (κ2) is 11.7. The third-order valence-electron chi connectivity index (χ3n) is 5.22. The lowest BCUT2D eigenvalue weighted by Gasteiger charge is -2.13. The number of ether oxygens (including phenoxy) is 3. The summed E-state index contributed by atoms with van der Waals surface area (Å²) in [5, 5.41) is 18.7. The van der Waals surface area contributed by atoms with E-state index in [0.717, 1.165) is 0 Å². The van der Waals surface area contributed by atoms with Crippen LogP contribution in [-0.4, -0.2) is 54.4 Å². The molecule has 1 heterocycles. The summed E-state index contributed by atoms with van der Waals surface area (Å²) in [6.45, 7) is 0.773. The average Bonchev–Trinajstić information content (AvgIpc) is 2.90. The quantitative estimate of drug-likeness (QED) is 0.227. The minimum Gasteiger partial charge on any atom is -0.497 e. The predicted molar refractivity (Wildman–Crippen MR) is 138 cm³/mol. The van der Waals surface area contributed by atoms with Gasteiger partial charge in [-0.2, -0.15) is 4.98 Å². The molecule has 37 heavy (non-hydrogen) atoms. The summed E-state index contributed by atoms with van der Waals surface area (Å²) in [7, 11) is 3.07. The van der Waals surface area contributed by atoms with Gasteiger partial charge in [-0.3, -0.25) is 10.1 Å². The maximum Gasteiger partial charge on any atom is 0.409 e. The first-order valence-electron chi connectivity index (χ1n) is 11.2. The molecule has 2 amide bonds. The molecule has 0 aliphatic carbocycles. The van der Waals surface area contributed by atoms with Crippen molar-refractivity contribution < 1.29 is 28.9 Å². The zero-order valence-corrected chi connectivity index (χ0v) is 20.1. The lowest BCUT2D eigenvalue weighted by atomic mass is 10.1. The molecule has 3 aromatic carbocycles. The lowest BCUT2D eigenvalue weighted by molar-refractivity contribution is 0.0936. The molecule has 0 saturated carbocycles. The molecule has 1 aromatic heterocycles. The van der Waals surface area contributed by atoms with E-state index in [1.54, 1.807) is 49.6 Å². The summed E-state index contributed by atoms with van der Waals surface area (Å²) in [6.07, 6.45) is 0.379. The van der Waals surface area contributed by atoms with Crippen LogP contribution in [0.3, 0.4) is 0 Å². The number of anilines is 3. The van der Waals surface area contributed by atoms with Gasteiger partial charge in [0.05, 0.1) is 19.4 Å². The van der Waals surface area contributed by atoms with Gasteiger partial charge >= 0.3 is 6.09 Å². The fourth-order valence-electron chi connectivity index (χ4n) is 3.57. The highest BCUT2D eigenvalue weighted by Gasteiger charge is 2.12. The molecule has 11 nitrogen and oxygen atoms in total. The van der Waals surface area contributed by atoms with Crippen LogP contribution in [0, 0.1) is 0 Å². The normalized spacial score (nSPS) is 10.5. The summed E-state index contributed by atoms with van der Waals surface area (Å²) in [6, 6.07) is 17.2. The maximum absolute atomic E-state index is 12.5. The molecule has 4 rings (SSSR count). The van der Waals surface area contributed by atoms with E-state index in [1.807, 2.05) is 18.2 Å². The molecular formula is C26H25N5O6. The van der Waals surface area contributed by atoms with Crippen molar-refractivity contribution in [1.82, 2.24) is 15.3 Å². The summed E-state index contributed by atoms with van der Waals surface area (Å²) >= 11 is 0. The molecule has 190 valence electrons. The van der Waals surface area contributed by atoms with Crippen molar-refractivity contribution in [1.29, 1.82) is 0 Å². The highest BCUT2D eigenvalue weighted by Crippen LogP contribution is 2.34. The van der Waals surface area contributed by atoms with E-state index in [2.05, 4.69) is 25.9 Å². The molecule has 4 aromatic rings. The summed E-state index contributed by atoms with van der Waals surface area (Å²) in [5.41, 5.74) is 1.38. The summed E-state index contributed by atoms with van der Waals surface area (Å²) in [4.78, 5) is 32.3. The minimum absolute atomic E-state index is 0.241. The van der Waals surface area contributed by atoms with Crippen molar-refractivity contribution in [3.63, 3.8) is 0 Å². The van der Waals surface area contributed by atoms with Gasteiger partial charge in [0.25, 0.3) is 5.91 Å². The lowest BCUT2D eigenvalue weighted by Crippen LogP contribution is -2.27. The molecule has 0 aliphatic rings. The second-order valence-electron chi connectivity index (χ2n) is 7.73. The molecule has 0 saturated heterocycles. The first-order valence-corrected chi connectivity index (χ1v) is 11.2. The van der Waals surface area contributed by atoms with Crippen molar-refractivity contribution in [2.75, 3.05) is 38.0 Å². The van der Waals surface area contributed by atoms with Gasteiger partial charge in [0.1, 0.15) is 11.5 Å². The van der Waals surface area contributed by atoms with E-state index in [0.29, 0.717) is 52.4 Å². The van der Waals surface area contributed by atoms with E-state index >= 15 is 0 Å². The number of rotatable bonds is 10. The minimum atomic E-state index is -1.15. The van der Waals surface area contributed by atoms with Crippen LogP contribution < -0.4 is 25.4 Å². The Morgan fingerprint density at radius 3 is 2.57 bits per heavy atom. The Balaban J connectivity index is 1.56. The van der Waals surface area contributed by atoms with E-state index < -0.39 is 6.09 Å². The standard InChI is InChI=1S/C26H25N5O6/c1-35-12-11-27-24(32)16-13-17(15-18(14-16)36-2)29-25-28-10-9-23(31-25)37-22-8-7-21(30-26(33)34)19-5-3-4-6-20(19)22/h3-10,13-15,30H,11-12H2,1-2H3,(H,27,32)(H,33,34)(H,28,29,31). The van der Waals surface area contributed by atoms with Gasteiger partial charge in [-0.1, -0.05) is 24.3 Å². The molecular weight excluding hydrogens is 478 g/mol. The predicted octanol–water partition coefficient (Wildman–Crippen LogP) is 4.64. The number of amides is 2. The number of hydrogen-bond acceptors (Lipinski definition) is 8. The number of nitrogens with one attached hydrogen (secondary N) is 3. The van der Waals surface area contributed by atoms with Crippen LogP contribution in [0.1, 0.15) is 10.4 Å². The number of carboxylic acid groups (broad SMARTS) is 1. The van der Waals surface area contributed by atoms with Crippen LogP contribution in [0.4, 0.5) is 22.1 Å². The van der Waals surface area contributed by atoms with Crippen molar-refractivity contribution in [2.45, 2.75) is 0 Å². The number of fused-ring (bicyclic) bond motifs is 1. The Morgan fingerprint density at radius 2 is 1.81 bits per heavy atom. The second-order valence-corrected chi connectivity index (χ2v) is 7.73. The third kappa shape index (κ3) is 6.41. The van der Waals surface area contributed by atoms with Gasteiger partial charge < -0.3 is 30.0 Å². The highest BCUT2D eigenvalue weighted by atomic mass is 16.5. The number of nitrogens with zero attached hydrogens (tertiary/aromatic N) is 2. The van der Waals surface area contributed by atoms with Crippen molar-refractivity contribution in [3.8, 4) is 17.4 Å². The van der Waals surface area contributed by atoms with Gasteiger partial charge in [0.15, 0.2) is 0 Å². The largest absolute Gasteiger partial charge is 0.497 e. The highest BCUT2D eigenvalue weighted by molar-refractivity contribution is 6.02. The van der Waals surface area contributed by atoms with Crippen LogP contribution in [0.5, 0.6) is 17.4 Å². The molecule has 11 heteroatoms. The monoisotopic (exact) mass is 503 g/mol. The Morgan fingerprint density at radius 1 is 1.00 bits per heavy atom. The number of carbonyl (C=O) groups is 2. The van der Waals surface area contributed by atoms with Crippen LogP contribution in [0.15, 0.2) is 66.9 Å². The van der Waals surface area contributed by atoms with Crippen molar-refractivity contribution in [3.05, 3.63) is 72.4 Å². The molecule has 0 bridgehead atoms. The van der Waals surface area contributed by atoms with Crippen LogP contribution in [0.25, 0.3) is 10.8 Å². The molecule has 0 aliphatic heterocycles. The van der Waals surface area contributed by atoms with E-state index in [1.165, 1.54) is 13.3 Å². The molecule has 0 radical (unpaired) electrons. The molecule has 0 spiro atoms. The van der Waals surface area contributed by atoms with Gasteiger partial charge in [-0.15, -0.1) is 0 Å². The van der Waals surface area contributed by atoms with Crippen molar-refractivity contribution >= 4 is 40.1 Å². The van der Waals surface area contributed by atoms with Gasteiger partial charge in [0.2, 0.25) is 11.8 Å². The van der Waals surface area contributed by atoms with E-state index in [-0.39, 0.29) is 17.7 Å². The van der Waals surface area contributed by atoms with Gasteiger partial charge in [-0.25, -0.2) is 9.78 Å². The van der Waals surface area contributed by atoms with Crippen LogP contribution >= 0.6 is 0 Å². The molecule has 0 unspecified atom stereocenters. The van der Waals surface area contributed by atoms with E-state index in [4.69, 9.17) is 19.3 Å². The summed E-state index contributed by atoms with van der Waals surface area (Å²) < 4.78 is 16.3. The Labute approximate surface area is 212 Å². The summed E-state index contributed by atoms with van der Waals surface area (Å²) in [5.74, 6) is 1.21. The molecule has 0 fully saturated rings. The van der Waals surface area contributed by atoms with Crippen LogP contribution in [0.2, 0.25) is 0 Å². The Kier molecular flexibility index (Phi) is 7.96. The number of benzene rings is 3. The number of hydrogen-bond donors (Lipinski definition) is 4. The average molecular weight is 504 g/mol. The van der Waals surface area contributed by atoms with Gasteiger partial charge in [-0.05, 0) is 24.3 Å². The maximum atomic E-state index is 12.5. The first-order chi connectivity index (χ1) is 18.0. The Bertz CT molecular complexity index is 1430. The Hall–Kier alpha value is -4.90. The van der Waals surface area contributed by atoms with Crippen LogP contribution in [-0.2, 0) is 4.74 Å². The number of methoxy groups -OCH3 is 2. The van der Waals surface area contributed by atoms with Crippen molar-refractivity contribution in [2.24, 2.45) is 0 Å². The number of carbonyl (C=O) groups excluding carboxylic acids is 1. The fourth-order valence-corrected chi connectivity index (χ4v) is 3.57. The fraction of sp³-hybridized carbons (Fsp3) is 0.154. The zero-order valence-electron chi connectivity index (χ0n) is 20.1. The zero-order chi connectivity index (χ0) is 26.2. The van der Waals surface area contributed by atoms with E-state index in [9.17, 15) is 9.59 Å². The third-order valence-corrected chi connectivity index (χ3v) is 5.22. The number of aromatic nitrogens is 2. The van der Waals surface area contributed by atoms with Gasteiger partial charge in [0, 0.05) is 54.0 Å². The smallest absolute Gasteiger partial charge is 0.409 e. The molecule has 0 atom stereocenters. The SMILES string of the molecule is COCCNC(=O)c1cc(Nc2nccc(Oc3ccc(NC(=O)O)c4ccccc34)n2)cc(OC)c1. The topological polar surface area (TPSA) is 144 Å².